The fraction of sp³-hybridized carbons (Fsp3) is 0.714. The number of aryl methyl sites for hydroxylation is 2. The Labute approximate surface area is 114 Å². The Balaban J connectivity index is 2.50. The smallest absolute Gasteiger partial charge is 0.255 e. The first-order valence-corrected chi connectivity index (χ1v) is 6.84. The largest absolute Gasteiger partial charge is 0.379 e. The highest BCUT2D eigenvalue weighted by Gasteiger charge is 2.13. The highest BCUT2D eigenvalue weighted by Crippen LogP contribution is 2.10. The highest BCUT2D eigenvalue weighted by atomic mass is 16.5. The molecule has 1 unspecified atom stereocenters. The van der Waals surface area contributed by atoms with Crippen molar-refractivity contribution in [2.75, 3.05) is 13.2 Å². The Kier molecular flexibility index (Phi) is 6.18. The third kappa shape index (κ3) is 5.12. The van der Waals surface area contributed by atoms with E-state index in [1.54, 1.807) is 6.92 Å². The fourth-order valence-electron chi connectivity index (χ4n) is 2.06. The van der Waals surface area contributed by atoms with Crippen molar-refractivity contribution in [1.29, 1.82) is 0 Å². The summed E-state index contributed by atoms with van der Waals surface area (Å²) in [6.45, 7) is 11.3. The van der Waals surface area contributed by atoms with Gasteiger partial charge in [-0.05, 0) is 47.6 Å². The molecular formula is C14H25N3O2. The van der Waals surface area contributed by atoms with Gasteiger partial charge in [-0.2, -0.15) is 0 Å². The van der Waals surface area contributed by atoms with Crippen LogP contribution in [0.25, 0.3) is 0 Å². The predicted octanol–water partition coefficient (Wildman–Crippen LogP) is 1.85. The second-order valence-electron chi connectivity index (χ2n) is 5.10. The molecule has 0 saturated heterocycles. The zero-order valence-corrected chi connectivity index (χ0v) is 12.5. The Hall–Kier alpha value is -1.20. The van der Waals surface area contributed by atoms with Crippen molar-refractivity contribution in [3.05, 3.63) is 27.4 Å². The fourth-order valence-corrected chi connectivity index (χ4v) is 2.06. The van der Waals surface area contributed by atoms with Crippen LogP contribution in [0.15, 0.2) is 4.79 Å². The molecule has 1 rings (SSSR count). The molecule has 0 saturated carbocycles. The third-order valence-corrected chi connectivity index (χ3v) is 2.92. The minimum atomic E-state index is -0.0524. The van der Waals surface area contributed by atoms with Gasteiger partial charge >= 0.3 is 0 Å². The number of rotatable bonds is 7. The van der Waals surface area contributed by atoms with Crippen molar-refractivity contribution >= 4 is 0 Å². The average molecular weight is 267 g/mol. The number of nitrogens with one attached hydrogen (secondary N) is 2. The van der Waals surface area contributed by atoms with E-state index in [0.29, 0.717) is 5.82 Å². The minimum Gasteiger partial charge on any atom is -0.379 e. The first kappa shape index (κ1) is 15.9. The van der Waals surface area contributed by atoms with E-state index in [1.165, 1.54) is 0 Å². The Morgan fingerprint density at radius 2 is 2.00 bits per heavy atom. The summed E-state index contributed by atoms with van der Waals surface area (Å²) in [7, 11) is 0. The third-order valence-electron chi connectivity index (χ3n) is 2.92. The number of H-pyrrole nitrogens is 1. The summed E-state index contributed by atoms with van der Waals surface area (Å²) < 4.78 is 5.47. The molecule has 5 nitrogen and oxygen atoms in total. The summed E-state index contributed by atoms with van der Waals surface area (Å²) in [6, 6.07) is -0.00380. The lowest BCUT2D eigenvalue weighted by molar-refractivity contribution is 0.0768. The first-order chi connectivity index (χ1) is 8.91. The second-order valence-corrected chi connectivity index (χ2v) is 5.10. The molecule has 1 heterocycles. The first-order valence-electron chi connectivity index (χ1n) is 6.84. The lowest BCUT2D eigenvalue weighted by Gasteiger charge is -2.15. The van der Waals surface area contributed by atoms with Crippen LogP contribution in [0.3, 0.4) is 0 Å². The van der Waals surface area contributed by atoms with E-state index < -0.39 is 0 Å². The van der Waals surface area contributed by atoms with E-state index in [-0.39, 0.29) is 17.7 Å². The average Bonchev–Trinajstić information content (AvgIpc) is 2.26. The number of hydrogen-bond acceptors (Lipinski definition) is 4. The molecule has 0 aliphatic heterocycles. The van der Waals surface area contributed by atoms with Crippen LogP contribution in [-0.2, 0) is 4.74 Å². The zero-order chi connectivity index (χ0) is 14.4. The zero-order valence-electron chi connectivity index (χ0n) is 12.5. The van der Waals surface area contributed by atoms with Crippen LogP contribution in [-0.4, -0.2) is 29.2 Å². The number of aromatic nitrogens is 2. The van der Waals surface area contributed by atoms with Crippen LogP contribution in [0.4, 0.5) is 0 Å². The van der Waals surface area contributed by atoms with Crippen LogP contribution >= 0.6 is 0 Å². The van der Waals surface area contributed by atoms with Gasteiger partial charge in [-0.25, -0.2) is 4.98 Å². The molecule has 19 heavy (non-hydrogen) atoms. The topological polar surface area (TPSA) is 67.0 Å². The van der Waals surface area contributed by atoms with E-state index in [1.807, 2.05) is 27.7 Å². The molecule has 108 valence electrons. The molecule has 0 fully saturated rings. The van der Waals surface area contributed by atoms with Crippen LogP contribution < -0.4 is 10.9 Å². The SMILES string of the molecule is Cc1nc(C)c(C(C)NCCCOC(C)C)c(=O)[nH]1. The van der Waals surface area contributed by atoms with Gasteiger partial charge < -0.3 is 15.0 Å². The van der Waals surface area contributed by atoms with Crippen molar-refractivity contribution in [2.24, 2.45) is 0 Å². The van der Waals surface area contributed by atoms with E-state index in [4.69, 9.17) is 4.74 Å². The summed E-state index contributed by atoms with van der Waals surface area (Å²) in [4.78, 5) is 19.0. The molecule has 5 heteroatoms. The molecule has 1 aromatic heterocycles. The van der Waals surface area contributed by atoms with Crippen molar-refractivity contribution in [2.45, 2.75) is 53.2 Å². The molecule has 0 aromatic carbocycles. The molecule has 1 atom stereocenters. The summed E-state index contributed by atoms with van der Waals surface area (Å²) >= 11 is 0. The van der Waals surface area contributed by atoms with Gasteiger partial charge in [0.2, 0.25) is 0 Å². The molecular weight excluding hydrogens is 242 g/mol. The summed E-state index contributed by atoms with van der Waals surface area (Å²) in [5.41, 5.74) is 1.46. The van der Waals surface area contributed by atoms with Crippen molar-refractivity contribution in [3.8, 4) is 0 Å². The van der Waals surface area contributed by atoms with Gasteiger partial charge in [0.25, 0.3) is 5.56 Å². The van der Waals surface area contributed by atoms with Crippen molar-refractivity contribution in [1.82, 2.24) is 15.3 Å². The van der Waals surface area contributed by atoms with E-state index >= 15 is 0 Å². The maximum atomic E-state index is 11.9. The standard InChI is InChI=1S/C14H25N3O2/c1-9(2)19-8-6-7-15-10(3)13-11(4)16-12(5)17-14(13)18/h9-10,15H,6-8H2,1-5H3,(H,16,17,18). The number of ether oxygens (including phenoxy) is 1. The Morgan fingerprint density at radius 1 is 1.32 bits per heavy atom. The lowest BCUT2D eigenvalue weighted by atomic mass is 10.1. The van der Waals surface area contributed by atoms with Crippen LogP contribution in [0, 0.1) is 13.8 Å². The Morgan fingerprint density at radius 3 is 2.58 bits per heavy atom. The van der Waals surface area contributed by atoms with Gasteiger partial charge in [0.15, 0.2) is 0 Å². The minimum absolute atomic E-state index is 0.00380. The van der Waals surface area contributed by atoms with Crippen molar-refractivity contribution < 1.29 is 4.74 Å². The summed E-state index contributed by atoms with van der Waals surface area (Å²) in [5, 5.41) is 3.33. The monoisotopic (exact) mass is 267 g/mol. The van der Waals surface area contributed by atoms with Crippen LogP contribution in [0.1, 0.15) is 50.3 Å². The van der Waals surface area contributed by atoms with Gasteiger partial charge in [0.1, 0.15) is 5.82 Å². The maximum Gasteiger partial charge on any atom is 0.255 e. The van der Waals surface area contributed by atoms with Gasteiger partial charge in [0, 0.05) is 18.3 Å². The van der Waals surface area contributed by atoms with Crippen molar-refractivity contribution in [3.63, 3.8) is 0 Å². The van der Waals surface area contributed by atoms with E-state index in [0.717, 1.165) is 30.8 Å². The molecule has 0 spiro atoms. The molecule has 2 N–H and O–H groups in total. The maximum absolute atomic E-state index is 11.9. The lowest BCUT2D eigenvalue weighted by Crippen LogP contribution is -2.29. The summed E-state index contributed by atoms with van der Waals surface area (Å²) in [5.74, 6) is 0.656. The molecule has 0 radical (unpaired) electrons. The highest BCUT2D eigenvalue weighted by molar-refractivity contribution is 5.19. The molecule has 0 bridgehead atoms. The van der Waals surface area contributed by atoms with Crippen LogP contribution in [0.5, 0.6) is 0 Å². The molecule has 0 aliphatic carbocycles. The number of aromatic amines is 1. The normalized spacial score (nSPS) is 12.9. The molecule has 0 aliphatic rings. The van der Waals surface area contributed by atoms with Crippen LogP contribution in [0.2, 0.25) is 0 Å². The van der Waals surface area contributed by atoms with Gasteiger partial charge in [-0.3, -0.25) is 4.79 Å². The van der Waals surface area contributed by atoms with Gasteiger partial charge in [0.05, 0.1) is 11.7 Å². The molecule has 0 amide bonds. The van der Waals surface area contributed by atoms with E-state index in [9.17, 15) is 4.79 Å². The quantitative estimate of drug-likeness (QED) is 0.740. The molecule has 1 aromatic rings. The Bertz CT molecular complexity index is 454. The van der Waals surface area contributed by atoms with Gasteiger partial charge in [-0.15, -0.1) is 0 Å². The summed E-state index contributed by atoms with van der Waals surface area (Å²) in [6.07, 6.45) is 1.20. The number of nitrogens with zero attached hydrogens (tertiary/aromatic N) is 1. The second kappa shape index (κ2) is 7.40. The van der Waals surface area contributed by atoms with E-state index in [2.05, 4.69) is 15.3 Å². The predicted molar refractivity (Wildman–Crippen MR) is 76.5 cm³/mol. The van der Waals surface area contributed by atoms with Gasteiger partial charge in [-0.1, -0.05) is 0 Å². The number of hydrogen-bond donors (Lipinski definition) is 2.